The van der Waals surface area contributed by atoms with E-state index in [9.17, 15) is 14.7 Å². The van der Waals surface area contributed by atoms with Crippen molar-refractivity contribution in [2.75, 3.05) is 0 Å². The van der Waals surface area contributed by atoms with Gasteiger partial charge in [-0.2, -0.15) is 0 Å². The van der Waals surface area contributed by atoms with Gasteiger partial charge in [-0.05, 0) is 38.0 Å². The van der Waals surface area contributed by atoms with Crippen molar-refractivity contribution in [2.45, 2.75) is 84.5 Å². The highest BCUT2D eigenvalue weighted by Gasteiger charge is 2.44. The average molecular weight is 312 g/mol. The van der Waals surface area contributed by atoms with Crippen LogP contribution in [0.2, 0.25) is 0 Å². The maximum Gasteiger partial charge on any atom is 0.309 e. The van der Waals surface area contributed by atoms with Crippen molar-refractivity contribution < 1.29 is 19.8 Å². The number of hydrogen-bond acceptors (Lipinski definition) is 2. The first-order valence-corrected chi connectivity index (χ1v) is 8.91. The number of carbonyl (C=O) groups is 2. The Labute approximate surface area is 134 Å². The molecule has 128 valence electrons. The van der Waals surface area contributed by atoms with Crippen LogP contribution in [0.1, 0.15) is 84.5 Å². The summed E-state index contributed by atoms with van der Waals surface area (Å²) in [7, 11) is 0. The van der Waals surface area contributed by atoms with Crippen LogP contribution >= 0.6 is 0 Å². The second kappa shape index (κ2) is 9.16. The van der Waals surface area contributed by atoms with Gasteiger partial charge in [-0.15, -0.1) is 0 Å². The van der Waals surface area contributed by atoms with Crippen LogP contribution in [0.5, 0.6) is 0 Å². The van der Waals surface area contributed by atoms with Crippen LogP contribution in [0.25, 0.3) is 0 Å². The Kier molecular flexibility index (Phi) is 7.91. The van der Waals surface area contributed by atoms with Crippen molar-refractivity contribution in [2.24, 2.45) is 17.3 Å². The van der Waals surface area contributed by atoms with E-state index >= 15 is 0 Å². The van der Waals surface area contributed by atoms with Gasteiger partial charge in [0.15, 0.2) is 0 Å². The molecule has 1 aliphatic carbocycles. The van der Waals surface area contributed by atoms with Gasteiger partial charge in [0, 0.05) is 0 Å². The molecule has 2 N–H and O–H groups in total. The summed E-state index contributed by atoms with van der Waals surface area (Å²) in [5.41, 5.74) is -0.683. The number of carboxylic acid groups (broad SMARTS) is 2. The highest BCUT2D eigenvalue weighted by Crippen LogP contribution is 2.45. The largest absolute Gasteiger partial charge is 0.481 e. The SMILES string of the molecule is CCCCCC(CCC)CC1(C(=O)O)CCC(C(=O)O)CC1. The molecule has 0 heterocycles. The first-order chi connectivity index (χ1) is 10.4. The second-order valence-electron chi connectivity index (χ2n) is 7.05. The number of aliphatic carboxylic acids is 2. The summed E-state index contributed by atoms with van der Waals surface area (Å²) in [5, 5.41) is 18.9. The fourth-order valence-corrected chi connectivity index (χ4v) is 3.91. The second-order valence-corrected chi connectivity index (χ2v) is 7.05. The summed E-state index contributed by atoms with van der Waals surface area (Å²) in [6, 6.07) is 0. The van der Waals surface area contributed by atoms with Crippen LogP contribution in [0.15, 0.2) is 0 Å². The molecule has 0 bridgehead atoms. The van der Waals surface area contributed by atoms with Crippen LogP contribution in [0, 0.1) is 17.3 Å². The fourth-order valence-electron chi connectivity index (χ4n) is 3.91. The van der Waals surface area contributed by atoms with Gasteiger partial charge in [-0.3, -0.25) is 9.59 Å². The van der Waals surface area contributed by atoms with Crippen molar-refractivity contribution in [3.8, 4) is 0 Å². The molecule has 1 aliphatic rings. The third-order valence-electron chi connectivity index (χ3n) is 5.34. The monoisotopic (exact) mass is 312 g/mol. The molecule has 1 atom stereocenters. The number of hydrogen-bond donors (Lipinski definition) is 2. The van der Waals surface area contributed by atoms with Gasteiger partial charge in [-0.1, -0.05) is 52.4 Å². The molecule has 1 rings (SSSR count). The Morgan fingerprint density at radius 1 is 1.05 bits per heavy atom. The lowest BCUT2D eigenvalue weighted by Gasteiger charge is -2.38. The molecular weight excluding hydrogens is 280 g/mol. The van der Waals surface area contributed by atoms with Gasteiger partial charge >= 0.3 is 11.9 Å². The molecule has 4 nitrogen and oxygen atoms in total. The molecule has 1 saturated carbocycles. The van der Waals surface area contributed by atoms with Crippen molar-refractivity contribution in [1.82, 2.24) is 0 Å². The molecular formula is C18H32O4. The van der Waals surface area contributed by atoms with Crippen molar-refractivity contribution in [1.29, 1.82) is 0 Å². The fraction of sp³-hybridized carbons (Fsp3) is 0.889. The minimum atomic E-state index is -0.771. The maximum atomic E-state index is 11.9. The molecule has 0 spiro atoms. The highest BCUT2D eigenvalue weighted by atomic mass is 16.4. The molecule has 1 fully saturated rings. The van der Waals surface area contributed by atoms with Crippen molar-refractivity contribution in [3.05, 3.63) is 0 Å². The molecule has 0 aromatic heterocycles. The number of carboxylic acids is 2. The van der Waals surface area contributed by atoms with E-state index in [0.717, 1.165) is 25.7 Å². The molecule has 0 radical (unpaired) electrons. The van der Waals surface area contributed by atoms with Gasteiger partial charge in [0.1, 0.15) is 0 Å². The van der Waals surface area contributed by atoms with E-state index in [1.54, 1.807) is 0 Å². The topological polar surface area (TPSA) is 74.6 Å². The standard InChI is InChI=1S/C18H32O4/c1-3-5-6-8-14(7-4-2)13-18(17(21)22)11-9-15(10-12-18)16(19)20/h14-15H,3-13H2,1-2H3,(H,19,20)(H,21,22). The van der Waals surface area contributed by atoms with Crippen LogP contribution in [0.3, 0.4) is 0 Å². The molecule has 0 aromatic carbocycles. The zero-order valence-corrected chi connectivity index (χ0v) is 14.1. The molecule has 0 aliphatic heterocycles. The average Bonchev–Trinajstić information content (AvgIpc) is 2.48. The molecule has 0 saturated heterocycles. The first-order valence-electron chi connectivity index (χ1n) is 8.91. The van der Waals surface area contributed by atoms with Crippen LogP contribution < -0.4 is 0 Å². The summed E-state index contributed by atoms with van der Waals surface area (Å²) >= 11 is 0. The quantitative estimate of drug-likeness (QED) is 0.572. The summed E-state index contributed by atoms with van der Waals surface area (Å²) in [6.45, 7) is 4.34. The smallest absolute Gasteiger partial charge is 0.309 e. The van der Waals surface area contributed by atoms with E-state index in [4.69, 9.17) is 5.11 Å². The van der Waals surface area contributed by atoms with Crippen LogP contribution in [-0.2, 0) is 9.59 Å². The summed E-state index contributed by atoms with van der Waals surface area (Å²) in [5.74, 6) is -1.37. The Morgan fingerprint density at radius 2 is 1.68 bits per heavy atom. The zero-order chi connectivity index (χ0) is 16.6. The minimum absolute atomic E-state index is 0.350. The molecule has 4 heteroatoms. The van der Waals surface area contributed by atoms with E-state index in [2.05, 4.69) is 13.8 Å². The molecule has 1 unspecified atom stereocenters. The Bertz CT molecular complexity index is 356. The predicted molar refractivity (Wildman–Crippen MR) is 86.8 cm³/mol. The lowest BCUT2D eigenvalue weighted by Crippen LogP contribution is -2.38. The third-order valence-corrected chi connectivity index (χ3v) is 5.34. The van der Waals surface area contributed by atoms with Crippen LogP contribution in [-0.4, -0.2) is 22.2 Å². The van der Waals surface area contributed by atoms with Crippen molar-refractivity contribution in [3.63, 3.8) is 0 Å². The summed E-state index contributed by atoms with van der Waals surface area (Å²) < 4.78 is 0. The van der Waals surface area contributed by atoms with Crippen LogP contribution in [0.4, 0.5) is 0 Å². The third kappa shape index (κ3) is 5.29. The molecule has 0 amide bonds. The van der Waals surface area contributed by atoms with Gasteiger partial charge < -0.3 is 10.2 Å². The van der Waals surface area contributed by atoms with Gasteiger partial charge in [-0.25, -0.2) is 0 Å². The number of rotatable bonds is 10. The van der Waals surface area contributed by atoms with E-state index in [1.807, 2.05) is 0 Å². The summed E-state index contributed by atoms with van der Waals surface area (Å²) in [4.78, 5) is 23.0. The van der Waals surface area contributed by atoms with Gasteiger partial charge in [0.2, 0.25) is 0 Å². The van der Waals surface area contributed by atoms with Crippen molar-refractivity contribution >= 4 is 11.9 Å². The van der Waals surface area contributed by atoms with Gasteiger partial charge in [0.05, 0.1) is 11.3 Å². The molecule has 0 aromatic rings. The van der Waals surface area contributed by atoms with E-state index in [1.165, 1.54) is 19.3 Å². The Balaban J connectivity index is 2.68. The summed E-state index contributed by atoms with van der Waals surface area (Å²) in [6.07, 6.45) is 9.64. The Hall–Kier alpha value is -1.06. The van der Waals surface area contributed by atoms with Gasteiger partial charge in [0.25, 0.3) is 0 Å². The Morgan fingerprint density at radius 3 is 2.14 bits per heavy atom. The lowest BCUT2D eigenvalue weighted by molar-refractivity contribution is -0.156. The zero-order valence-electron chi connectivity index (χ0n) is 14.1. The van der Waals surface area contributed by atoms with E-state index in [-0.39, 0.29) is 5.92 Å². The number of unbranched alkanes of at least 4 members (excludes halogenated alkanes) is 2. The first kappa shape index (κ1) is 19.0. The minimum Gasteiger partial charge on any atom is -0.481 e. The predicted octanol–water partition coefficient (Wildman–Crippen LogP) is 4.72. The highest BCUT2D eigenvalue weighted by molar-refractivity contribution is 5.76. The normalized spacial score (nSPS) is 26.5. The molecule has 22 heavy (non-hydrogen) atoms. The lowest BCUT2D eigenvalue weighted by atomic mass is 9.65. The van der Waals surface area contributed by atoms with E-state index < -0.39 is 17.4 Å². The maximum absolute atomic E-state index is 11.9. The van der Waals surface area contributed by atoms with E-state index in [0.29, 0.717) is 31.6 Å².